The van der Waals surface area contributed by atoms with Gasteiger partial charge in [0.1, 0.15) is 17.1 Å². The molecule has 0 radical (unpaired) electrons. The van der Waals surface area contributed by atoms with Crippen LogP contribution in [-0.2, 0) is 9.59 Å². The van der Waals surface area contributed by atoms with E-state index in [1.54, 1.807) is 38.3 Å². The predicted octanol–water partition coefficient (Wildman–Crippen LogP) is 2.19. The van der Waals surface area contributed by atoms with Crippen LogP contribution in [0, 0.1) is 6.92 Å². The Balaban J connectivity index is 1.86. The minimum atomic E-state index is -1.34. The number of nitrogens with one attached hydrogen (secondary N) is 1. The van der Waals surface area contributed by atoms with E-state index in [4.69, 9.17) is 13.9 Å². The Morgan fingerprint density at radius 1 is 1.16 bits per heavy atom. The van der Waals surface area contributed by atoms with E-state index in [9.17, 15) is 19.5 Å². The van der Waals surface area contributed by atoms with Gasteiger partial charge in [-0.25, -0.2) is 4.79 Å². The Kier molecular flexibility index (Phi) is 7.14. The van der Waals surface area contributed by atoms with E-state index >= 15 is 0 Å². The van der Waals surface area contributed by atoms with Gasteiger partial charge in [0.25, 0.3) is 5.91 Å². The number of methoxy groups -OCH3 is 1. The maximum Gasteiger partial charge on any atom is 0.336 e. The lowest BCUT2D eigenvalue weighted by Crippen LogP contribution is -2.49. The third kappa shape index (κ3) is 5.08. The molecule has 168 valence electrons. The number of ether oxygens (including phenoxy) is 2. The lowest BCUT2D eigenvalue weighted by Gasteiger charge is -2.19. The molecule has 0 spiro atoms. The number of carboxylic acids is 1. The molecule has 3 aromatic rings. The van der Waals surface area contributed by atoms with Crippen molar-refractivity contribution in [2.45, 2.75) is 32.7 Å². The minimum absolute atomic E-state index is 0.266. The summed E-state index contributed by atoms with van der Waals surface area (Å²) >= 11 is 0. The van der Waals surface area contributed by atoms with Crippen molar-refractivity contribution >= 4 is 22.8 Å². The van der Waals surface area contributed by atoms with Gasteiger partial charge in [-0.05, 0) is 48.7 Å². The van der Waals surface area contributed by atoms with E-state index in [0.29, 0.717) is 40.0 Å². The molecule has 1 N–H and O–H groups in total. The summed E-state index contributed by atoms with van der Waals surface area (Å²) in [7, 11) is 1.58. The van der Waals surface area contributed by atoms with Crippen molar-refractivity contribution in [1.82, 2.24) is 5.32 Å². The molecule has 1 amide bonds. The van der Waals surface area contributed by atoms with E-state index < -0.39 is 23.5 Å². The highest BCUT2D eigenvalue weighted by Gasteiger charge is 2.16. The molecule has 0 aliphatic heterocycles. The molecule has 0 aliphatic rings. The zero-order valence-electron chi connectivity index (χ0n) is 18.1. The molecule has 2 aromatic carbocycles. The summed E-state index contributed by atoms with van der Waals surface area (Å²) < 4.78 is 16.2. The summed E-state index contributed by atoms with van der Waals surface area (Å²) in [6, 6.07) is 11.1. The molecule has 1 aromatic heterocycles. The monoisotopic (exact) mass is 438 g/mol. The maximum absolute atomic E-state index is 12.2. The minimum Gasteiger partial charge on any atom is -0.548 e. The van der Waals surface area contributed by atoms with Crippen LogP contribution in [0.1, 0.15) is 25.3 Å². The Morgan fingerprint density at radius 3 is 2.50 bits per heavy atom. The van der Waals surface area contributed by atoms with Crippen molar-refractivity contribution in [3.63, 3.8) is 0 Å². The summed E-state index contributed by atoms with van der Waals surface area (Å²) in [6.45, 7) is 3.14. The van der Waals surface area contributed by atoms with Crippen molar-refractivity contribution in [1.29, 1.82) is 0 Å². The van der Waals surface area contributed by atoms with Gasteiger partial charge in [-0.2, -0.15) is 0 Å². The number of benzene rings is 2. The van der Waals surface area contributed by atoms with E-state index in [1.807, 2.05) is 19.1 Å². The van der Waals surface area contributed by atoms with Gasteiger partial charge >= 0.3 is 5.63 Å². The Labute approximate surface area is 184 Å². The number of carbonyl (C=O) groups excluding carboxylic acids is 2. The highest BCUT2D eigenvalue weighted by molar-refractivity contribution is 5.95. The summed E-state index contributed by atoms with van der Waals surface area (Å²) in [5.74, 6) is -0.871. The largest absolute Gasteiger partial charge is 0.548 e. The normalized spacial score (nSPS) is 11.7. The second kappa shape index (κ2) is 10.00. The number of fused-ring (bicyclic) bond motifs is 1. The smallest absolute Gasteiger partial charge is 0.336 e. The average molecular weight is 438 g/mol. The maximum atomic E-state index is 12.2. The molecule has 1 heterocycles. The molecule has 0 saturated carbocycles. The molecule has 3 rings (SSSR count). The average Bonchev–Trinajstić information content (AvgIpc) is 2.78. The fourth-order valence-corrected chi connectivity index (χ4v) is 3.43. The molecule has 0 fully saturated rings. The number of hydrogen-bond donors (Lipinski definition) is 1. The SMILES string of the molecule is CCC[C@H](NC(=O)COc1ccc2c(-c3ccc(OC)cc3)cc(=O)oc2c1C)C(=O)[O-]. The number of aliphatic carboxylic acids is 1. The molecule has 0 unspecified atom stereocenters. The molecule has 0 aliphatic carbocycles. The highest BCUT2D eigenvalue weighted by Crippen LogP contribution is 2.33. The molecular weight excluding hydrogens is 414 g/mol. The standard InChI is InChI=1S/C24H25NO7/c1-4-5-19(24(28)29)25-21(26)13-31-20-11-10-17-18(12-22(27)32-23(17)14(20)2)15-6-8-16(30-3)9-7-15/h6-12,19H,4-5,13H2,1-3H3,(H,25,26)(H,28,29)/p-1/t19-/m0/s1. The summed E-state index contributed by atoms with van der Waals surface area (Å²) in [5.41, 5.74) is 1.90. The number of carbonyl (C=O) groups is 2. The third-order valence-corrected chi connectivity index (χ3v) is 5.07. The lowest BCUT2D eigenvalue weighted by molar-refractivity contribution is -0.308. The van der Waals surface area contributed by atoms with E-state index in [0.717, 1.165) is 5.56 Å². The van der Waals surface area contributed by atoms with Crippen molar-refractivity contribution in [3.8, 4) is 22.6 Å². The van der Waals surface area contributed by atoms with Gasteiger partial charge in [-0.1, -0.05) is 25.5 Å². The van der Waals surface area contributed by atoms with E-state index in [-0.39, 0.29) is 13.0 Å². The highest BCUT2D eigenvalue weighted by atomic mass is 16.5. The van der Waals surface area contributed by atoms with Crippen LogP contribution in [0.15, 0.2) is 51.7 Å². The van der Waals surface area contributed by atoms with Crippen LogP contribution in [0.5, 0.6) is 11.5 Å². The fourth-order valence-electron chi connectivity index (χ4n) is 3.43. The zero-order chi connectivity index (χ0) is 23.3. The quantitative estimate of drug-likeness (QED) is 0.509. The number of aryl methyl sites for hydroxylation is 1. The predicted molar refractivity (Wildman–Crippen MR) is 117 cm³/mol. The van der Waals surface area contributed by atoms with Crippen molar-refractivity contribution in [2.24, 2.45) is 0 Å². The summed E-state index contributed by atoms with van der Waals surface area (Å²) in [5, 5.41) is 14.2. The van der Waals surface area contributed by atoms with Crippen molar-refractivity contribution in [3.05, 3.63) is 58.4 Å². The first-order valence-electron chi connectivity index (χ1n) is 10.2. The Morgan fingerprint density at radius 2 is 1.88 bits per heavy atom. The first-order chi connectivity index (χ1) is 15.3. The van der Waals surface area contributed by atoms with Crippen LogP contribution in [-0.4, -0.2) is 31.6 Å². The third-order valence-electron chi connectivity index (χ3n) is 5.07. The molecule has 1 atom stereocenters. The molecule has 32 heavy (non-hydrogen) atoms. The van der Waals surface area contributed by atoms with Crippen LogP contribution in [0.4, 0.5) is 0 Å². The Hall–Kier alpha value is -3.81. The first kappa shape index (κ1) is 22.9. The number of amides is 1. The molecule has 0 bridgehead atoms. The van der Waals surface area contributed by atoms with Gasteiger partial charge in [0.2, 0.25) is 0 Å². The Bertz CT molecular complexity index is 1180. The second-order valence-corrected chi connectivity index (χ2v) is 7.29. The second-order valence-electron chi connectivity index (χ2n) is 7.29. The molecule has 8 nitrogen and oxygen atoms in total. The first-order valence-corrected chi connectivity index (χ1v) is 10.2. The summed E-state index contributed by atoms with van der Waals surface area (Å²) in [4.78, 5) is 35.4. The van der Waals surface area contributed by atoms with Gasteiger partial charge in [0.15, 0.2) is 6.61 Å². The van der Waals surface area contributed by atoms with Gasteiger partial charge in [-0.15, -0.1) is 0 Å². The van der Waals surface area contributed by atoms with Gasteiger partial charge < -0.3 is 29.1 Å². The fraction of sp³-hybridized carbons (Fsp3) is 0.292. The molecule has 0 saturated heterocycles. The molecule has 8 heteroatoms. The zero-order valence-corrected chi connectivity index (χ0v) is 18.1. The van der Waals surface area contributed by atoms with Crippen molar-refractivity contribution in [2.75, 3.05) is 13.7 Å². The lowest BCUT2D eigenvalue weighted by atomic mass is 10.00. The number of rotatable bonds is 9. The van der Waals surface area contributed by atoms with Crippen LogP contribution in [0.2, 0.25) is 0 Å². The van der Waals surface area contributed by atoms with Crippen LogP contribution in [0.25, 0.3) is 22.1 Å². The summed E-state index contributed by atoms with van der Waals surface area (Å²) in [6.07, 6.45) is 0.849. The van der Waals surface area contributed by atoms with Crippen LogP contribution < -0.4 is 25.5 Å². The van der Waals surface area contributed by atoms with Gasteiger partial charge in [0, 0.05) is 17.0 Å². The number of hydrogen-bond acceptors (Lipinski definition) is 7. The van der Waals surface area contributed by atoms with Gasteiger partial charge in [-0.3, -0.25) is 4.79 Å². The van der Waals surface area contributed by atoms with Crippen LogP contribution in [0.3, 0.4) is 0 Å². The molecular formula is C24H24NO7-. The number of carboxylic acid groups (broad SMARTS) is 1. The van der Waals surface area contributed by atoms with Crippen molar-refractivity contribution < 1.29 is 28.6 Å². The van der Waals surface area contributed by atoms with Gasteiger partial charge in [0.05, 0.1) is 19.1 Å². The van der Waals surface area contributed by atoms with Crippen LogP contribution >= 0.6 is 0 Å². The van der Waals surface area contributed by atoms with E-state index in [1.165, 1.54) is 6.07 Å². The van der Waals surface area contributed by atoms with E-state index in [2.05, 4.69) is 5.32 Å². The topological polar surface area (TPSA) is 118 Å².